The Morgan fingerprint density at radius 3 is 2.71 bits per heavy atom. The van der Waals surface area contributed by atoms with E-state index in [4.69, 9.17) is 0 Å². The molecular weight excluding hydrogens is 312 g/mol. The van der Waals surface area contributed by atoms with Crippen LogP contribution in [0.25, 0.3) is 0 Å². The Balaban J connectivity index is 1.84. The highest BCUT2D eigenvalue weighted by Gasteiger charge is 2.33. The number of nitrogens with zero attached hydrogens (tertiary/aromatic N) is 1. The second-order valence-electron chi connectivity index (χ2n) is 4.88. The highest BCUT2D eigenvalue weighted by Crippen LogP contribution is 2.42. The fourth-order valence-corrected chi connectivity index (χ4v) is 4.58. The first kappa shape index (κ1) is 14.5. The summed E-state index contributed by atoms with van der Waals surface area (Å²) in [4.78, 5) is 16.1. The monoisotopic (exact) mass is 325 g/mol. The fourth-order valence-electron chi connectivity index (χ4n) is 2.28. The van der Waals surface area contributed by atoms with Crippen LogP contribution in [0.2, 0.25) is 0 Å². The summed E-state index contributed by atoms with van der Waals surface area (Å²) in [7, 11) is 0. The first-order chi connectivity index (χ1) is 10.0. The summed E-state index contributed by atoms with van der Waals surface area (Å²) in [6.45, 7) is 2.32. The molecule has 0 N–H and O–H groups in total. The van der Waals surface area contributed by atoms with Gasteiger partial charge in [-0.2, -0.15) is 0 Å². The van der Waals surface area contributed by atoms with Crippen molar-refractivity contribution in [2.45, 2.75) is 18.8 Å². The molecule has 21 heavy (non-hydrogen) atoms. The molecule has 6 heteroatoms. The van der Waals surface area contributed by atoms with Gasteiger partial charge in [0.1, 0.15) is 5.37 Å². The van der Waals surface area contributed by atoms with Gasteiger partial charge in [-0.05, 0) is 36.8 Å². The second-order valence-corrected chi connectivity index (χ2v) is 7.27. The van der Waals surface area contributed by atoms with E-state index in [1.54, 1.807) is 28.0 Å². The molecule has 0 spiro atoms. The van der Waals surface area contributed by atoms with Crippen molar-refractivity contribution in [3.8, 4) is 0 Å². The van der Waals surface area contributed by atoms with Gasteiger partial charge in [0.2, 0.25) is 5.91 Å². The average Bonchev–Trinajstić information content (AvgIpc) is 3.02. The van der Waals surface area contributed by atoms with Gasteiger partial charge < -0.3 is 4.90 Å². The predicted molar refractivity (Wildman–Crippen MR) is 81.2 cm³/mol. The van der Waals surface area contributed by atoms with Gasteiger partial charge in [-0.1, -0.05) is 6.07 Å². The molecule has 2 aromatic rings. The Hall–Kier alpha value is -1.40. The second kappa shape index (κ2) is 5.77. The quantitative estimate of drug-likeness (QED) is 0.846. The first-order valence-electron chi connectivity index (χ1n) is 6.46. The van der Waals surface area contributed by atoms with Gasteiger partial charge in [0, 0.05) is 16.3 Å². The standard InChI is InChI=1S/C15H13F2NOS2/c1-9-2-5-13(21-9)15-18(14(19)8-20-15)7-10-3-4-11(16)12(17)6-10/h2-6,15H,7-8H2,1H3. The van der Waals surface area contributed by atoms with Crippen LogP contribution in [0.3, 0.4) is 0 Å². The van der Waals surface area contributed by atoms with Crippen molar-refractivity contribution < 1.29 is 13.6 Å². The van der Waals surface area contributed by atoms with Crippen LogP contribution >= 0.6 is 23.1 Å². The summed E-state index contributed by atoms with van der Waals surface area (Å²) < 4.78 is 26.3. The topological polar surface area (TPSA) is 20.3 Å². The molecule has 0 aliphatic carbocycles. The van der Waals surface area contributed by atoms with Crippen LogP contribution in [0.5, 0.6) is 0 Å². The molecule has 0 radical (unpaired) electrons. The molecule has 1 unspecified atom stereocenters. The molecule has 1 aromatic carbocycles. The van der Waals surface area contributed by atoms with E-state index in [0.29, 0.717) is 17.9 Å². The molecule has 1 fully saturated rings. The van der Waals surface area contributed by atoms with Crippen LogP contribution in [0.1, 0.15) is 20.7 Å². The van der Waals surface area contributed by atoms with Crippen LogP contribution in [-0.4, -0.2) is 16.6 Å². The number of carbonyl (C=O) groups excluding carboxylic acids is 1. The summed E-state index contributed by atoms with van der Waals surface area (Å²) in [5.41, 5.74) is 0.600. The lowest BCUT2D eigenvalue weighted by Gasteiger charge is -2.23. The Kier molecular flexibility index (Phi) is 3.99. The Labute approximate surface area is 129 Å². The lowest BCUT2D eigenvalue weighted by molar-refractivity contribution is -0.128. The van der Waals surface area contributed by atoms with Gasteiger partial charge in [-0.25, -0.2) is 8.78 Å². The van der Waals surface area contributed by atoms with Gasteiger partial charge >= 0.3 is 0 Å². The number of carbonyl (C=O) groups is 1. The average molecular weight is 325 g/mol. The van der Waals surface area contributed by atoms with Gasteiger partial charge in [-0.3, -0.25) is 4.79 Å². The molecule has 1 saturated heterocycles. The summed E-state index contributed by atoms with van der Waals surface area (Å²) in [5.74, 6) is -1.30. The number of aryl methyl sites for hydroxylation is 1. The zero-order valence-corrected chi connectivity index (χ0v) is 12.9. The van der Waals surface area contributed by atoms with E-state index in [1.165, 1.54) is 10.9 Å². The van der Waals surface area contributed by atoms with Crippen molar-refractivity contribution in [2.75, 3.05) is 5.75 Å². The number of thiophene rings is 1. The van der Waals surface area contributed by atoms with Gasteiger partial charge in [0.25, 0.3) is 0 Å². The van der Waals surface area contributed by atoms with E-state index in [9.17, 15) is 13.6 Å². The third kappa shape index (κ3) is 2.96. The Morgan fingerprint density at radius 2 is 2.05 bits per heavy atom. The highest BCUT2D eigenvalue weighted by atomic mass is 32.2. The Bertz CT molecular complexity index is 686. The molecule has 3 rings (SSSR count). The molecule has 2 heterocycles. The number of amides is 1. The summed E-state index contributed by atoms with van der Waals surface area (Å²) >= 11 is 3.23. The first-order valence-corrected chi connectivity index (χ1v) is 8.32. The minimum absolute atomic E-state index is 0.0285. The molecule has 1 atom stereocenters. The third-order valence-electron chi connectivity index (χ3n) is 3.31. The van der Waals surface area contributed by atoms with Crippen molar-refractivity contribution in [1.82, 2.24) is 4.90 Å². The molecule has 1 amide bonds. The van der Waals surface area contributed by atoms with Crippen LogP contribution in [-0.2, 0) is 11.3 Å². The zero-order valence-electron chi connectivity index (χ0n) is 11.3. The number of thioether (sulfide) groups is 1. The van der Waals surface area contributed by atoms with Gasteiger partial charge in [0.15, 0.2) is 11.6 Å². The largest absolute Gasteiger partial charge is 0.321 e. The molecule has 1 aliphatic rings. The lowest BCUT2D eigenvalue weighted by atomic mass is 10.2. The molecule has 0 bridgehead atoms. The van der Waals surface area contributed by atoms with E-state index in [2.05, 4.69) is 0 Å². The van der Waals surface area contributed by atoms with Crippen molar-refractivity contribution in [2.24, 2.45) is 0 Å². The highest BCUT2D eigenvalue weighted by molar-refractivity contribution is 8.00. The summed E-state index contributed by atoms with van der Waals surface area (Å²) in [6.07, 6.45) is 0. The van der Waals surface area contributed by atoms with Crippen molar-refractivity contribution in [1.29, 1.82) is 0 Å². The number of halogens is 2. The fraction of sp³-hybridized carbons (Fsp3) is 0.267. The number of hydrogen-bond acceptors (Lipinski definition) is 3. The van der Waals surface area contributed by atoms with Crippen LogP contribution in [0, 0.1) is 18.6 Å². The van der Waals surface area contributed by atoms with E-state index in [0.717, 1.165) is 17.0 Å². The van der Waals surface area contributed by atoms with E-state index in [-0.39, 0.29) is 11.3 Å². The third-order valence-corrected chi connectivity index (χ3v) is 5.75. The summed E-state index contributed by atoms with van der Waals surface area (Å²) in [5, 5.41) is -0.0377. The van der Waals surface area contributed by atoms with Crippen molar-refractivity contribution in [3.05, 3.63) is 57.3 Å². The molecule has 2 nitrogen and oxygen atoms in total. The van der Waals surface area contributed by atoms with Gasteiger partial charge in [-0.15, -0.1) is 23.1 Å². The van der Waals surface area contributed by atoms with E-state index >= 15 is 0 Å². The predicted octanol–water partition coefficient (Wildman–Crippen LogP) is 4.11. The molecular formula is C15H13F2NOS2. The van der Waals surface area contributed by atoms with E-state index in [1.807, 2.05) is 19.1 Å². The maximum absolute atomic E-state index is 13.3. The maximum Gasteiger partial charge on any atom is 0.234 e. The maximum atomic E-state index is 13.3. The summed E-state index contributed by atoms with van der Waals surface area (Å²) in [6, 6.07) is 7.82. The number of rotatable bonds is 3. The normalized spacial score (nSPS) is 18.5. The minimum atomic E-state index is -0.879. The Morgan fingerprint density at radius 1 is 1.24 bits per heavy atom. The smallest absolute Gasteiger partial charge is 0.234 e. The van der Waals surface area contributed by atoms with Crippen LogP contribution < -0.4 is 0 Å². The molecule has 110 valence electrons. The van der Waals surface area contributed by atoms with Crippen molar-refractivity contribution in [3.63, 3.8) is 0 Å². The SMILES string of the molecule is Cc1ccc(C2SCC(=O)N2Cc2ccc(F)c(F)c2)s1. The van der Waals surface area contributed by atoms with E-state index < -0.39 is 11.6 Å². The van der Waals surface area contributed by atoms with Crippen LogP contribution in [0.4, 0.5) is 8.78 Å². The zero-order chi connectivity index (χ0) is 15.0. The molecule has 0 saturated carbocycles. The molecule has 1 aromatic heterocycles. The van der Waals surface area contributed by atoms with Gasteiger partial charge in [0.05, 0.1) is 5.75 Å². The minimum Gasteiger partial charge on any atom is -0.321 e. The lowest BCUT2D eigenvalue weighted by Crippen LogP contribution is -2.27. The van der Waals surface area contributed by atoms with Crippen LogP contribution in [0.15, 0.2) is 30.3 Å². The number of hydrogen-bond donors (Lipinski definition) is 0. The van der Waals surface area contributed by atoms with Crippen molar-refractivity contribution >= 4 is 29.0 Å². The number of benzene rings is 1. The molecule has 1 aliphatic heterocycles.